The van der Waals surface area contributed by atoms with Crippen LogP contribution < -0.4 is 16.6 Å². The van der Waals surface area contributed by atoms with E-state index >= 15 is 0 Å². The van der Waals surface area contributed by atoms with E-state index in [1.165, 1.54) is 6.33 Å². The number of hydrazine groups is 1. The first-order chi connectivity index (χ1) is 9.93. The van der Waals surface area contributed by atoms with E-state index in [4.69, 9.17) is 5.84 Å². The molecule has 0 aliphatic rings. The van der Waals surface area contributed by atoms with Crippen LogP contribution in [0.2, 0.25) is 0 Å². The second kappa shape index (κ2) is 5.96. The molecule has 4 N–H and O–H groups in total. The van der Waals surface area contributed by atoms with E-state index < -0.39 is 17.5 Å². The van der Waals surface area contributed by atoms with Gasteiger partial charge in [-0.3, -0.25) is 0 Å². The molecule has 1 heterocycles. The predicted octanol–water partition coefficient (Wildman–Crippen LogP) is 3.05. The summed E-state index contributed by atoms with van der Waals surface area (Å²) >= 11 is 0. The van der Waals surface area contributed by atoms with E-state index in [1.54, 1.807) is 0 Å². The number of nitrogens with two attached hydrogens (primary N) is 1. The highest BCUT2D eigenvalue weighted by Gasteiger charge is 2.16. The summed E-state index contributed by atoms with van der Waals surface area (Å²) < 4.78 is 39.4. The molecule has 0 spiro atoms. The van der Waals surface area contributed by atoms with Gasteiger partial charge in [0, 0.05) is 23.4 Å². The first kappa shape index (κ1) is 15.0. The second-order valence-corrected chi connectivity index (χ2v) is 4.66. The van der Waals surface area contributed by atoms with Crippen molar-refractivity contribution in [2.45, 2.75) is 19.8 Å². The Morgan fingerprint density at radius 3 is 2.14 bits per heavy atom. The molecule has 2 aromatic rings. The van der Waals surface area contributed by atoms with Gasteiger partial charge in [0.2, 0.25) is 0 Å². The topological polar surface area (TPSA) is 75.9 Å². The van der Waals surface area contributed by atoms with Crippen molar-refractivity contribution in [1.82, 2.24) is 9.97 Å². The van der Waals surface area contributed by atoms with Gasteiger partial charge in [0.15, 0.2) is 17.5 Å². The van der Waals surface area contributed by atoms with Crippen molar-refractivity contribution in [2.24, 2.45) is 5.84 Å². The number of anilines is 3. The average molecular weight is 297 g/mol. The molecular formula is C13H14F3N5. The molecule has 5 nitrogen and oxygen atoms in total. The normalized spacial score (nSPS) is 10.8. The molecule has 0 aliphatic heterocycles. The zero-order chi connectivity index (χ0) is 15.6. The van der Waals surface area contributed by atoms with Gasteiger partial charge in [-0.25, -0.2) is 29.0 Å². The zero-order valence-electron chi connectivity index (χ0n) is 11.4. The Hall–Kier alpha value is -2.35. The minimum Gasteiger partial charge on any atom is -0.340 e. The van der Waals surface area contributed by atoms with Crippen LogP contribution in [0.25, 0.3) is 0 Å². The molecule has 0 aliphatic carbocycles. The van der Waals surface area contributed by atoms with Crippen LogP contribution >= 0.6 is 0 Å². The van der Waals surface area contributed by atoms with Gasteiger partial charge in [-0.05, 0) is 5.92 Å². The highest BCUT2D eigenvalue weighted by Crippen LogP contribution is 2.30. The number of aromatic nitrogens is 2. The summed E-state index contributed by atoms with van der Waals surface area (Å²) in [6, 6.07) is 1.69. The molecular weight excluding hydrogens is 283 g/mol. The Bertz CT molecular complexity index is 637. The lowest BCUT2D eigenvalue weighted by Crippen LogP contribution is -2.14. The minimum atomic E-state index is -1.52. The van der Waals surface area contributed by atoms with Gasteiger partial charge < -0.3 is 10.7 Å². The minimum absolute atomic E-state index is 0.00473. The van der Waals surface area contributed by atoms with Crippen LogP contribution in [0.1, 0.15) is 25.3 Å². The average Bonchev–Trinajstić information content (AvgIpc) is 2.44. The molecule has 1 aromatic heterocycles. The Morgan fingerprint density at radius 2 is 1.62 bits per heavy atom. The second-order valence-electron chi connectivity index (χ2n) is 4.66. The number of halogens is 3. The molecule has 0 radical (unpaired) electrons. The van der Waals surface area contributed by atoms with E-state index in [1.807, 2.05) is 13.8 Å². The third kappa shape index (κ3) is 3.05. The van der Waals surface area contributed by atoms with Crippen LogP contribution in [-0.4, -0.2) is 9.97 Å². The Labute approximate surface area is 119 Å². The highest BCUT2D eigenvalue weighted by atomic mass is 19.2. The quantitative estimate of drug-likeness (QED) is 0.459. The van der Waals surface area contributed by atoms with Crippen LogP contribution in [-0.2, 0) is 0 Å². The van der Waals surface area contributed by atoms with Crippen molar-refractivity contribution in [3.8, 4) is 0 Å². The van der Waals surface area contributed by atoms with Gasteiger partial charge in [-0.1, -0.05) is 13.8 Å². The molecule has 8 heteroatoms. The van der Waals surface area contributed by atoms with Crippen LogP contribution in [0.4, 0.5) is 30.5 Å². The molecule has 0 atom stereocenters. The Kier molecular flexibility index (Phi) is 4.27. The maximum absolute atomic E-state index is 13.2. The molecule has 0 unspecified atom stereocenters. The number of nitrogens with one attached hydrogen (secondary N) is 2. The third-order valence-corrected chi connectivity index (χ3v) is 2.84. The molecule has 0 bridgehead atoms. The third-order valence-electron chi connectivity index (χ3n) is 2.84. The molecule has 2 rings (SSSR count). The van der Waals surface area contributed by atoms with Crippen LogP contribution in [0.3, 0.4) is 0 Å². The fourth-order valence-electron chi connectivity index (χ4n) is 1.92. The number of nitrogen functional groups attached to an aromatic ring is 1. The van der Waals surface area contributed by atoms with Gasteiger partial charge >= 0.3 is 0 Å². The number of hydrogen-bond acceptors (Lipinski definition) is 5. The summed E-state index contributed by atoms with van der Waals surface area (Å²) in [5.74, 6) is 2.02. The van der Waals surface area contributed by atoms with E-state index in [0.717, 1.165) is 12.1 Å². The molecule has 0 fully saturated rings. The van der Waals surface area contributed by atoms with Crippen molar-refractivity contribution >= 4 is 17.3 Å². The Morgan fingerprint density at radius 1 is 1.05 bits per heavy atom. The molecule has 21 heavy (non-hydrogen) atoms. The van der Waals surface area contributed by atoms with E-state index in [0.29, 0.717) is 17.2 Å². The zero-order valence-corrected chi connectivity index (χ0v) is 11.4. The van der Waals surface area contributed by atoms with Crippen molar-refractivity contribution < 1.29 is 13.2 Å². The fourth-order valence-corrected chi connectivity index (χ4v) is 1.92. The summed E-state index contributed by atoms with van der Waals surface area (Å²) in [6.07, 6.45) is 1.25. The van der Waals surface area contributed by atoms with Crippen molar-refractivity contribution in [3.05, 3.63) is 41.5 Å². The smallest absolute Gasteiger partial charge is 0.194 e. The highest BCUT2D eigenvalue weighted by molar-refractivity contribution is 5.65. The lowest BCUT2D eigenvalue weighted by Gasteiger charge is -2.16. The number of benzene rings is 1. The lowest BCUT2D eigenvalue weighted by molar-refractivity contribution is 0.448. The first-order valence-electron chi connectivity index (χ1n) is 6.17. The van der Waals surface area contributed by atoms with Gasteiger partial charge in [-0.15, -0.1) is 0 Å². The van der Waals surface area contributed by atoms with E-state index in [9.17, 15) is 13.2 Å². The summed E-state index contributed by atoms with van der Waals surface area (Å²) in [5.41, 5.74) is 3.12. The van der Waals surface area contributed by atoms with Crippen LogP contribution in [0.15, 0.2) is 18.5 Å². The van der Waals surface area contributed by atoms with Crippen molar-refractivity contribution in [3.63, 3.8) is 0 Å². The first-order valence-corrected chi connectivity index (χ1v) is 6.17. The molecule has 0 saturated heterocycles. The number of rotatable bonds is 4. The maximum Gasteiger partial charge on any atom is 0.194 e. The van der Waals surface area contributed by atoms with Crippen LogP contribution in [0, 0.1) is 17.5 Å². The van der Waals surface area contributed by atoms with Crippen LogP contribution in [0.5, 0.6) is 0 Å². The molecule has 0 amide bonds. The number of hydrogen-bond donors (Lipinski definition) is 3. The molecule has 0 saturated carbocycles. The SMILES string of the molecule is CC(C)c1c(NN)ncnc1Nc1cc(F)c(F)c(F)c1. The van der Waals surface area contributed by atoms with Crippen molar-refractivity contribution in [2.75, 3.05) is 10.7 Å². The van der Waals surface area contributed by atoms with Gasteiger partial charge in [0.1, 0.15) is 18.0 Å². The van der Waals surface area contributed by atoms with Crippen molar-refractivity contribution in [1.29, 1.82) is 0 Å². The monoisotopic (exact) mass is 297 g/mol. The summed E-state index contributed by atoms with van der Waals surface area (Å²) in [4.78, 5) is 8.00. The maximum atomic E-state index is 13.2. The summed E-state index contributed by atoms with van der Waals surface area (Å²) in [5, 5.41) is 2.74. The largest absolute Gasteiger partial charge is 0.340 e. The standard InChI is InChI=1S/C13H14F3N5/c1-6(2)10-12(18-5-19-13(10)21-17)20-7-3-8(14)11(16)9(15)4-7/h3-6H,17H2,1-2H3,(H2,18,19,20,21). The summed E-state index contributed by atoms with van der Waals surface area (Å²) in [6.45, 7) is 3.77. The lowest BCUT2D eigenvalue weighted by atomic mass is 10.0. The van der Waals surface area contributed by atoms with E-state index in [2.05, 4.69) is 20.7 Å². The molecule has 112 valence electrons. The van der Waals surface area contributed by atoms with Gasteiger partial charge in [-0.2, -0.15) is 0 Å². The van der Waals surface area contributed by atoms with E-state index in [-0.39, 0.29) is 11.6 Å². The fraction of sp³-hybridized carbons (Fsp3) is 0.231. The summed E-state index contributed by atoms with van der Waals surface area (Å²) in [7, 11) is 0. The van der Waals surface area contributed by atoms with Gasteiger partial charge in [0.05, 0.1) is 0 Å². The predicted molar refractivity (Wildman–Crippen MR) is 73.5 cm³/mol. The van der Waals surface area contributed by atoms with Gasteiger partial charge in [0.25, 0.3) is 0 Å². The molecule has 1 aromatic carbocycles. The number of nitrogens with zero attached hydrogens (tertiary/aromatic N) is 2. The Balaban J connectivity index is 2.44.